The number of aryl methyl sites for hydroxylation is 1. The largest absolute Gasteiger partial charge is 0.392 e. The number of nitrogen functional groups attached to an aromatic ring is 1. The second-order valence-corrected chi connectivity index (χ2v) is 4.58. The topological polar surface area (TPSA) is 93.1 Å². The quantitative estimate of drug-likeness (QED) is 0.778. The van der Waals surface area contributed by atoms with E-state index in [9.17, 15) is 5.11 Å². The summed E-state index contributed by atoms with van der Waals surface area (Å²) in [6, 6.07) is 0. The van der Waals surface area contributed by atoms with E-state index in [1.807, 2.05) is 19.0 Å². The van der Waals surface area contributed by atoms with Crippen molar-refractivity contribution in [2.45, 2.75) is 19.6 Å². The maximum atomic E-state index is 9.32. The van der Waals surface area contributed by atoms with E-state index in [-0.39, 0.29) is 6.10 Å². The highest BCUT2D eigenvalue weighted by atomic mass is 16.3. The van der Waals surface area contributed by atoms with Gasteiger partial charge >= 0.3 is 0 Å². The fourth-order valence-electron chi connectivity index (χ4n) is 1.92. The van der Waals surface area contributed by atoms with Gasteiger partial charge in [-0.1, -0.05) is 0 Å². The van der Waals surface area contributed by atoms with Crippen LogP contribution in [0, 0.1) is 0 Å². The van der Waals surface area contributed by atoms with Crippen LogP contribution < -0.4 is 5.73 Å². The van der Waals surface area contributed by atoms with Crippen LogP contribution in [0.3, 0.4) is 0 Å². The zero-order chi connectivity index (χ0) is 13.3. The molecule has 0 aromatic carbocycles. The molecule has 7 heteroatoms. The summed E-state index contributed by atoms with van der Waals surface area (Å²) in [5.41, 5.74) is 6.60. The Morgan fingerprint density at radius 3 is 2.89 bits per heavy atom. The van der Waals surface area contributed by atoms with Gasteiger partial charge in [0.05, 0.1) is 24.2 Å². The minimum Gasteiger partial charge on any atom is -0.392 e. The van der Waals surface area contributed by atoms with Crippen molar-refractivity contribution in [1.82, 2.24) is 24.6 Å². The number of hydrogen-bond acceptors (Lipinski definition) is 6. The van der Waals surface area contributed by atoms with Gasteiger partial charge in [0, 0.05) is 13.6 Å². The lowest BCUT2D eigenvalue weighted by atomic mass is 10.3. The predicted molar refractivity (Wildman–Crippen MR) is 68.7 cm³/mol. The number of nitrogens with zero attached hydrogens (tertiary/aromatic N) is 5. The first-order valence-corrected chi connectivity index (χ1v) is 5.78. The summed E-state index contributed by atoms with van der Waals surface area (Å²) in [5, 5.41) is 14.2. The molecule has 0 spiro atoms. The minimum atomic E-state index is -0.382. The summed E-state index contributed by atoms with van der Waals surface area (Å²) >= 11 is 0. The van der Waals surface area contributed by atoms with E-state index in [0.717, 1.165) is 11.0 Å². The fraction of sp³-hybridized carbons (Fsp3) is 0.545. The van der Waals surface area contributed by atoms with Crippen LogP contribution in [0.4, 0.5) is 5.82 Å². The predicted octanol–water partition coefficient (Wildman–Crippen LogP) is -0.242. The molecule has 1 atom stereocenters. The van der Waals surface area contributed by atoms with Crippen LogP contribution in [-0.4, -0.2) is 49.5 Å². The molecule has 2 rings (SSSR count). The molecule has 0 aliphatic carbocycles. The SMILES string of the molecule is CC(O)CN(C)Cc1nc(N)c2cnn(C)c2n1. The van der Waals surface area contributed by atoms with Gasteiger partial charge in [0.15, 0.2) is 5.65 Å². The maximum Gasteiger partial charge on any atom is 0.163 e. The number of likely N-dealkylation sites (N-methyl/N-ethyl adjacent to an activating group) is 1. The number of fused-ring (bicyclic) bond motifs is 1. The number of aliphatic hydroxyl groups excluding tert-OH is 1. The summed E-state index contributed by atoms with van der Waals surface area (Å²) in [7, 11) is 3.72. The van der Waals surface area contributed by atoms with Crippen molar-refractivity contribution >= 4 is 16.9 Å². The number of rotatable bonds is 4. The normalized spacial score (nSPS) is 13.4. The average Bonchev–Trinajstić information content (AvgIpc) is 2.59. The summed E-state index contributed by atoms with van der Waals surface area (Å²) in [6.07, 6.45) is 1.28. The molecule has 2 heterocycles. The highest BCUT2D eigenvalue weighted by Gasteiger charge is 2.11. The molecular weight excluding hydrogens is 232 g/mol. The van der Waals surface area contributed by atoms with E-state index in [1.54, 1.807) is 17.8 Å². The molecule has 98 valence electrons. The van der Waals surface area contributed by atoms with Gasteiger partial charge in [-0.2, -0.15) is 5.10 Å². The lowest BCUT2D eigenvalue weighted by molar-refractivity contribution is 0.137. The summed E-state index contributed by atoms with van der Waals surface area (Å²) in [5.74, 6) is 1.07. The maximum absolute atomic E-state index is 9.32. The molecule has 0 aliphatic rings. The molecule has 0 saturated carbocycles. The lowest BCUT2D eigenvalue weighted by Gasteiger charge is -2.17. The third kappa shape index (κ3) is 2.57. The molecular formula is C11H18N6O. The van der Waals surface area contributed by atoms with E-state index in [0.29, 0.717) is 24.7 Å². The molecule has 0 amide bonds. The summed E-state index contributed by atoms with van der Waals surface area (Å²) in [6.45, 7) is 2.85. The number of nitrogens with two attached hydrogens (primary N) is 1. The molecule has 1 unspecified atom stereocenters. The third-order valence-electron chi connectivity index (χ3n) is 2.66. The summed E-state index contributed by atoms with van der Waals surface area (Å²) < 4.78 is 1.67. The van der Waals surface area contributed by atoms with Crippen molar-refractivity contribution in [2.24, 2.45) is 7.05 Å². The zero-order valence-electron chi connectivity index (χ0n) is 10.8. The van der Waals surface area contributed by atoms with E-state index in [4.69, 9.17) is 5.73 Å². The van der Waals surface area contributed by atoms with Crippen LogP contribution >= 0.6 is 0 Å². The van der Waals surface area contributed by atoms with Gasteiger partial charge in [0.1, 0.15) is 11.6 Å². The van der Waals surface area contributed by atoms with E-state index < -0.39 is 0 Å². The van der Waals surface area contributed by atoms with Gasteiger partial charge in [0.2, 0.25) is 0 Å². The number of hydrogen-bond donors (Lipinski definition) is 2. The van der Waals surface area contributed by atoms with Gasteiger partial charge in [-0.25, -0.2) is 9.97 Å². The molecule has 2 aromatic rings. The molecule has 0 fully saturated rings. The second kappa shape index (κ2) is 4.87. The van der Waals surface area contributed by atoms with Gasteiger partial charge in [-0.15, -0.1) is 0 Å². The molecule has 7 nitrogen and oxygen atoms in total. The highest BCUT2D eigenvalue weighted by Crippen LogP contribution is 2.16. The average molecular weight is 250 g/mol. The number of aliphatic hydroxyl groups is 1. The Morgan fingerprint density at radius 2 is 2.22 bits per heavy atom. The molecule has 0 aliphatic heterocycles. The van der Waals surface area contributed by atoms with Gasteiger partial charge in [0.25, 0.3) is 0 Å². The Labute approximate surface area is 105 Å². The van der Waals surface area contributed by atoms with E-state index in [2.05, 4.69) is 15.1 Å². The third-order valence-corrected chi connectivity index (χ3v) is 2.66. The van der Waals surface area contributed by atoms with Gasteiger partial charge in [-0.3, -0.25) is 9.58 Å². The van der Waals surface area contributed by atoms with Crippen LogP contribution in [0.1, 0.15) is 12.7 Å². The molecule has 0 saturated heterocycles. The van der Waals surface area contributed by atoms with Crippen molar-refractivity contribution in [3.8, 4) is 0 Å². The second-order valence-electron chi connectivity index (χ2n) is 4.58. The number of aromatic nitrogens is 4. The Bertz CT molecular complexity index is 550. The van der Waals surface area contributed by atoms with Crippen LogP contribution in [0.25, 0.3) is 11.0 Å². The Hall–Kier alpha value is -1.73. The highest BCUT2D eigenvalue weighted by molar-refractivity contribution is 5.84. The van der Waals surface area contributed by atoms with E-state index >= 15 is 0 Å². The Kier molecular flexibility index (Phi) is 3.44. The Morgan fingerprint density at radius 1 is 1.50 bits per heavy atom. The van der Waals surface area contributed by atoms with E-state index in [1.165, 1.54) is 0 Å². The van der Waals surface area contributed by atoms with Crippen LogP contribution in [0.5, 0.6) is 0 Å². The van der Waals surface area contributed by atoms with Crippen molar-refractivity contribution in [1.29, 1.82) is 0 Å². The van der Waals surface area contributed by atoms with Crippen molar-refractivity contribution in [3.05, 3.63) is 12.0 Å². The first-order chi connectivity index (χ1) is 8.47. The van der Waals surface area contributed by atoms with Gasteiger partial charge in [-0.05, 0) is 14.0 Å². The molecule has 3 N–H and O–H groups in total. The first kappa shape index (κ1) is 12.7. The van der Waals surface area contributed by atoms with Crippen molar-refractivity contribution in [3.63, 3.8) is 0 Å². The lowest BCUT2D eigenvalue weighted by Crippen LogP contribution is -2.27. The molecule has 0 bridgehead atoms. The number of anilines is 1. The van der Waals surface area contributed by atoms with Crippen LogP contribution in [0.15, 0.2) is 6.20 Å². The zero-order valence-corrected chi connectivity index (χ0v) is 10.8. The van der Waals surface area contributed by atoms with Gasteiger partial charge < -0.3 is 10.8 Å². The Balaban J connectivity index is 2.26. The van der Waals surface area contributed by atoms with Crippen molar-refractivity contribution in [2.75, 3.05) is 19.3 Å². The molecule has 2 aromatic heterocycles. The monoisotopic (exact) mass is 250 g/mol. The van der Waals surface area contributed by atoms with Crippen LogP contribution in [-0.2, 0) is 13.6 Å². The smallest absolute Gasteiger partial charge is 0.163 e. The molecule has 18 heavy (non-hydrogen) atoms. The first-order valence-electron chi connectivity index (χ1n) is 5.78. The molecule has 0 radical (unpaired) electrons. The standard InChI is InChI=1S/C11H18N6O/c1-7(18)5-16(2)6-9-14-10(12)8-4-13-17(3)11(8)15-9/h4,7,18H,5-6H2,1-3H3,(H2,12,14,15). The minimum absolute atomic E-state index is 0.382. The van der Waals surface area contributed by atoms with Crippen molar-refractivity contribution < 1.29 is 5.11 Å². The fourth-order valence-corrected chi connectivity index (χ4v) is 1.92. The summed E-state index contributed by atoms with van der Waals surface area (Å²) in [4.78, 5) is 10.6. The van der Waals surface area contributed by atoms with Crippen LogP contribution in [0.2, 0.25) is 0 Å².